The molecule has 0 rings (SSSR count). The largest absolute Gasteiger partial charge is 0.477 e. The first kappa shape index (κ1) is 82.2. The second-order valence-corrected chi connectivity index (χ2v) is 24.1. The molecule has 9 heteroatoms. The average Bonchev–Trinajstić information content (AvgIpc) is 3.57. The lowest BCUT2D eigenvalue weighted by molar-refractivity contribution is -0.870. The van der Waals surface area contributed by atoms with Gasteiger partial charge in [-0.15, -0.1) is 0 Å². The monoisotopic (exact) mass is 1210 g/mol. The number of aliphatic carboxylic acids is 1. The zero-order chi connectivity index (χ0) is 63.3. The molecule has 0 heterocycles. The Hall–Kier alpha value is -4.83. The fourth-order valence-corrected chi connectivity index (χ4v) is 9.32. The number of unbranched alkanes of at least 4 members (excludes halogenated alkanes) is 24. The molecule has 0 bridgehead atoms. The van der Waals surface area contributed by atoms with E-state index in [0.29, 0.717) is 17.4 Å². The molecule has 0 spiro atoms. The molecule has 2 unspecified atom stereocenters. The summed E-state index contributed by atoms with van der Waals surface area (Å²) in [5, 5.41) is 9.75. The summed E-state index contributed by atoms with van der Waals surface area (Å²) in [6.45, 7) is 4.65. The summed E-state index contributed by atoms with van der Waals surface area (Å²) in [6, 6.07) is 0. The number of quaternary nitrogens is 1. The lowest BCUT2D eigenvalue weighted by Gasteiger charge is -2.25. The van der Waals surface area contributed by atoms with E-state index in [0.717, 1.165) is 128 Å². The van der Waals surface area contributed by atoms with E-state index in [1.54, 1.807) is 0 Å². The van der Waals surface area contributed by atoms with Crippen LogP contribution in [0.5, 0.6) is 0 Å². The summed E-state index contributed by atoms with van der Waals surface area (Å²) in [6.07, 6.45) is 95.2. The minimum Gasteiger partial charge on any atom is -0.477 e. The fraction of sp³-hybridized carbons (Fsp3) is 0.654. The average molecular weight is 1210 g/mol. The van der Waals surface area contributed by atoms with Crippen molar-refractivity contribution in [2.24, 2.45) is 0 Å². The number of allylic oxidation sites excluding steroid dienone is 24. The van der Waals surface area contributed by atoms with E-state index in [4.69, 9.17) is 18.9 Å². The van der Waals surface area contributed by atoms with Crippen molar-refractivity contribution in [3.63, 3.8) is 0 Å². The minimum atomic E-state index is -1.52. The van der Waals surface area contributed by atoms with Crippen LogP contribution in [-0.4, -0.2) is 87.4 Å². The third-order valence-corrected chi connectivity index (χ3v) is 14.6. The molecule has 0 saturated carbocycles. The van der Waals surface area contributed by atoms with Crippen LogP contribution in [0.2, 0.25) is 0 Å². The topological polar surface area (TPSA) is 108 Å². The molecule has 0 aromatic rings. The number of carbonyl (C=O) groups is 3. The van der Waals surface area contributed by atoms with Crippen LogP contribution in [-0.2, 0) is 33.3 Å². The predicted octanol–water partition coefficient (Wildman–Crippen LogP) is 21.9. The van der Waals surface area contributed by atoms with Gasteiger partial charge in [-0.05, 0) is 116 Å². The van der Waals surface area contributed by atoms with Crippen molar-refractivity contribution < 1.29 is 42.9 Å². The molecule has 494 valence electrons. The number of carbonyl (C=O) groups excluding carboxylic acids is 2. The van der Waals surface area contributed by atoms with Gasteiger partial charge in [0.1, 0.15) is 13.2 Å². The van der Waals surface area contributed by atoms with Crippen LogP contribution in [0.1, 0.15) is 271 Å². The number of hydrogen-bond donors (Lipinski definition) is 1. The molecule has 0 radical (unpaired) electrons. The molecule has 1 N–H and O–H groups in total. The van der Waals surface area contributed by atoms with Crippen LogP contribution in [0.4, 0.5) is 0 Å². The van der Waals surface area contributed by atoms with Crippen LogP contribution >= 0.6 is 0 Å². The third-order valence-electron chi connectivity index (χ3n) is 14.6. The molecule has 9 nitrogen and oxygen atoms in total. The number of rotatable bonds is 63. The molecule has 2 atom stereocenters. The van der Waals surface area contributed by atoms with Crippen LogP contribution in [0.15, 0.2) is 146 Å². The lowest BCUT2D eigenvalue weighted by atomic mass is 10.0. The van der Waals surface area contributed by atoms with Gasteiger partial charge in [0.25, 0.3) is 6.29 Å². The highest BCUT2D eigenvalue weighted by molar-refractivity contribution is 5.71. The van der Waals surface area contributed by atoms with Crippen molar-refractivity contribution >= 4 is 17.9 Å². The van der Waals surface area contributed by atoms with Crippen LogP contribution < -0.4 is 0 Å². The van der Waals surface area contributed by atoms with E-state index in [-0.39, 0.29) is 38.6 Å². The van der Waals surface area contributed by atoms with E-state index in [9.17, 15) is 19.5 Å². The van der Waals surface area contributed by atoms with Crippen molar-refractivity contribution in [2.75, 3.05) is 47.5 Å². The standard InChI is InChI=1S/C78H129NO8/c1-6-8-10-12-14-16-18-20-22-24-26-28-30-32-33-34-35-36-37-38-39-40-41-42-43-45-47-49-51-53-55-57-59-61-63-65-67-69-76(81)87-74(73-86-78(77(82)83)84-71-70-79(3,4)5)72-85-75(80)68-66-64-62-60-58-56-54-52-50-48-46-44-31-29-27-25-23-21-19-17-15-13-11-9-7-2/h8-11,14-17,20-23,26-29,32-33,35-36,38-39,44,46,74,78H,6-7,12-13,18-19,24-25,30-31,34,37,40-43,45,47-73H2,1-5H3/p+1/b10-8-,11-9-,16-14-,17-15-,22-20-,23-21-,28-26-,29-27-,33-32-,36-35-,39-38-,46-44-. The first-order valence-corrected chi connectivity index (χ1v) is 35.0. The summed E-state index contributed by atoms with van der Waals surface area (Å²) in [5.74, 6) is -2.02. The van der Waals surface area contributed by atoms with Gasteiger partial charge in [0.15, 0.2) is 6.10 Å². The first-order chi connectivity index (χ1) is 42.6. The van der Waals surface area contributed by atoms with Gasteiger partial charge in [0.2, 0.25) is 0 Å². The maximum absolute atomic E-state index is 13.0. The Kier molecular flexibility index (Phi) is 63.4. The van der Waals surface area contributed by atoms with Gasteiger partial charge in [0, 0.05) is 12.8 Å². The Morgan fingerprint density at radius 2 is 0.621 bits per heavy atom. The molecule has 0 aliphatic rings. The van der Waals surface area contributed by atoms with Crippen molar-refractivity contribution in [2.45, 2.75) is 283 Å². The summed E-state index contributed by atoms with van der Waals surface area (Å²) in [5.41, 5.74) is 0. The molecular formula is C78H130NO8+. The van der Waals surface area contributed by atoms with Gasteiger partial charge in [-0.3, -0.25) is 9.59 Å². The number of carboxylic acid groups (broad SMARTS) is 1. The summed E-state index contributed by atoms with van der Waals surface area (Å²) in [7, 11) is 5.97. The number of carboxylic acids is 1. The highest BCUT2D eigenvalue weighted by Crippen LogP contribution is 2.17. The number of ether oxygens (including phenoxy) is 4. The van der Waals surface area contributed by atoms with Crippen LogP contribution in [0.3, 0.4) is 0 Å². The highest BCUT2D eigenvalue weighted by Gasteiger charge is 2.25. The van der Waals surface area contributed by atoms with Gasteiger partial charge in [-0.25, -0.2) is 4.79 Å². The summed E-state index contributed by atoms with van der Waals surface area (Å²) >= 11 is 0. The van der Waals surface area contributed by atoms with E-state index in [1.807, 2.05) is 21.1 Å². The predicted molar refractivity (Wildman–Crippen MR) is 373 cm³/mol. The maximum atomic E-state index is 13.0. The van der Waals surface area contributed by atoms with Gasteiger partial charge in [-0.2, -0.15) is 0 Å². The van der Waals surface area contributed by atoms with Gasteiger partial charge >= 0.3 is 17.9 Å². The first-order valence-electron chi connectivity index (χ1n) is 35.0. The zero-order valence-corrected chi connectivity index (χ0v) is 56.4. The number of esters is 2. The van der Waals surface area contributed by atoms with Gasteiger partial charge in [0.05, 0.1) is 34.4 Å². The number of likely N-dealkylation sites (N-methyl/N-ethyl adjacent to an activating group) is 1. The normalized spacial score (nSPS) is 13.6. The number of hydrogen-bond acceptors (Lipinski definition) is 7. The Morgan fingerprint density at radius 1 is 0.345 bits per heavy atom. The molecule has 0 saturated heterocycles. The Bertz CT molecular complexity index is 1940. The fourth-order valence-electron chi connectivity index (χ4n) is 9.32. The lowest BCUT2D eigenvalue weighted by Crippen LogP contribution is -2.40. The quantitative estimate of drug-likeness (QED) is 0.0211. The molecule has 0 fully saturated rings. The molecular weight excluding hydrogens is 1080 g/mol. The summed E-state index contributed by atoms with van der Waals surface area (Å²) < 4.78 is 23.0. The third kappa shape index (κ3) is 68.5. The van der Waals surface area contributed by atoms with E-state index >= 15 is 0 Å². The molecule has 0 aromatic carbocycles. The molecule has 0 aromatic heterocycles. The SMILES string of the molecule is CC/C=C\C/C=C\C/C=C\C/C=C\C/C=C\C/C=C\C/C=C\CCCCCCCCCCCCCCCCCC(=O)OC(COC(=O)CCCCCCCCCCC/C=C\C/C=C\C/C=C\C/C=C\C/C=C\CC)COC(OCC[N+](C)(C)C)C(=O)O. The Balaban J connectivity index is 4.14. The zero-order valence-electron chi connectivity index (χ0n) is 56.4. The van der Waals surface area contributed by atoms with Crippen molar-refractivity contribution in [3.8, 4) is 0 Å². The molecule has 87 heavy (non-hydrogen) atoms. The van der Waals surface area contributed by atoms with Gasteiger partial charge in [-0.1, -0.05) is 288 Å². The van der Waals surface area contributed by atoms with Crippen molar-refractivity contribution in [1.29, 1.82) is 0 Å². The smallest absolute Gasteiger partial charge is 0.361 e. The molecule has 0 amide bonds. The molecule has 0 aliphatic carbocycles. The van der Waals surface area contributed by atoms with E-state index in [1.165, 1.54) is 109 Å². The van der Waals surface area contributed by atoms with Crippen molar-refractivity contribution in [1.82, 2.24) is 0 Å². The van der Waals surface area contributed by atoms with E-state index < -0.39 is 24.3 Å². The van der Waals surface area contributed by atoms with Gasteiger partial charge < -0.3 is 28.5 Å². The summed E-state index contributed by atoms with van der Waals surface area (Å²) in [4.78, 5) is 37.6. The van der Waals surface area contributed by atoms with Crippen LogP contribution in [0, 0.1) is 0 Å². The second kappa shape index (κ2) is 67.1. The van der Waals surface area contributed by atoms with E-state index in [2.05, 4.69) is 160 Å². The Morgan fingerprint density at radius 3 is 0.920 bits per heavy atom. The van der Waals surface area contributed by atoms with Crippen molar-refractivity contribution in [3.05, 3.63) is 146 Å². The highest BCUT2D eigenvalue weighted by atomic mass is 16.7. The molecule has 0 aliphatic heterocycles. The maximum Gasteiger partial charge on any atom is 0.361 e. The second-order valence-electron chi connectivity index (χ2n) is 24.1. The Labute approximate surface area is 534 Å². The number of nitrogens with zero attached hydrogens (tertiary/aromatic N) is 1. The minimum absolute atomic E-state index is 0.181. The van der Waals surface area contributed by atoms with Crippen LogP contribution in [0.25, 0.3) is 0 Å².